The molecule has 0 radical (unpaired) electrons. The van der Waals surface area contributed by atoms with Crippen LogP contribution in [0.5, 0.6) is 0 Å². The third kappa shape index (κ3) is 2.48. The zero-order valence-corrected chi connectivity index (χ0v) is 10.4. The van der Waals surface area contributed by atoms with Crippen LogP contribution in [0.4, 0.5) is 21.0 Å². The number of hydrogen-bond acceptors (Lipinski definition) is 4. The van der Waals surface area contributed by atoms with Crippen LogP contribution in [0.15, 0.2) is 18.2 Å². The van der Waals surface area contributed by atoms with Gasteiger partial charge >= 0.3 is 12.2 Å². The maximum absolute atomic E-state index is 11.4. The van der Waals surface area contributed by atoms with E-state index in [1.165, 1.54) is 12.0 Å². The van der Waals surface area contributed by atoms with E-state index in [9.17, 15) is 9.59 Å². The van der Waals surface area contributed by atoms with Gasteiger partial charge in [-0.1, -0.05) is 11.6 Å². The van der Waals surface area contributed by atoms with Crippen molar-refractivity contribution in [2.45, 2.75) is 0 Å². The Balaban J connectivity index is 2.19. The van der Waals surface area contributed by atoms with E-state index in [1.54, 1.807) is 18.2 Å². The standard InChI is InChI=1S/C11H11ClN2O4/c1-17-10(15)13-7-2-3-9(8(12)6-7)14-4-5-18-11(14)16/h2-3,6H,4-5H2,1H3,(H,13,15). The van der Waals surface area contributed by atoms with Gasteiger partial charge in [0.25, 0.3) is 0 Å². The smallest absolute Gasteiger partial charge is 0.414 e. The van der Waals surface area contributed by atoms with E-state index in [0.29, 0.717) is 29.5 Å². The predicted octanol–water partition coefficient (Wildman–Crippen LogP) is 2.47. The summed E-state index contributed by atoms with van der Waals surface area (Å²) in [6.45, 7) is 0.805. The molecule has 0 bridgehead atoms. The molecule has 96 valence electrons. The molecule has 18 heavy (non-hydrogen) atoms. The summed E-state index contributed by atoms with van der Waals surface area (Å²) in [6, 6.07) is 4.81. The molecule has 1 saturated heterocycles. The molecule has 1 N–H and O–H groups in total. The summed E-state index contributed by atoms with van der Waals surface area (Å²) in [6.07, 6.45) is -1.01. The van der Waals surface area contributed by atoms with Crippen LogP contribution >= 0.6 is 11.6 Å². The summed E-state index contributed by atoms with van der Waals surface area (Å²) in [5.74, 6) is 0. The number of nitrogens with zero attached hydrogens (tertiary/aromatic N) is 1. The van der Waals surface area contributed by atoms with Gasteiger partial charge < -0.3 is 9.47 Å². The molecule has 0 spiro atoms. The van der Waals surface area contributed by atoms with Crippen molar-refractivity contribution < 1.29 is 19.1 Å². The lowest BCUT2D eigenvalue weighted by molar-refractivity contribution is 0.181. The van der Waals surface area contributed by atoms with Crippen molar-refractivity contribution in [3.8, 4) is 0 Å². The number of cyclic esters (lactones) is 1. The predicted molar refractivity (Wildman–Crippen MR) is 66.2 cm³/mol. The Labute approximate surface area is 108 Å². The topological polar surface area (TPSA) is 67.9 Å². The lowest BCUT2D eigenvalue weighted by Gasteiger charge is -2.15. The molecule has 1 heterocycles. The lowest BCUT2D eigenvalue weighted by Crippen LogP contribution is -2.23. The Morgan fingerprint density at radius 2 is 2.33 bits per heavy atom. The van der Waals surface area contributed by atoms with Crippen LogP contribution in [0.25, 0.3) is 0 Å². The zero-order valence-electron chi connectivity index (χ0n) is 9.60. The fourth-order valence-corrected chi connectivity index (χ4v) is 1.87. The molecule has 0 aliphatic carbocycles. The van der Waals surface area contributed by atoms with Crippen molar-refractivity contribution in [3.63, 3.8) is 0 Å². The van der Waals surface area contributed by atoms with Crippen molar-refractivity contribution in [1.29, 1.82) is 0 Å². The second-order valence-electron chi connectivity index (χ2n) is 3.55. The van der Waals surface area contributed by atoms with Gasteiger partial charge in [-0.3, -0.25) is 10.2 Å². The Morgan fingerprint density at radius 1 is 1.56 bits per heavy atom. The van der Waals surface area contributed by atoms with Crippen molar-refractivity contribution >= 4 is 35.2 Å². The molecule has 6 nitrogen and oxygen atoms in total. The summed E-state index contributed by atoms with van der Waals surface area (Å²) in [7, 11) is 1.27. The lowest BCUT2D eigenvalue weighted by atomic mass is 10.2. The normalized spacial score (nSPS) is 14.3. The maximum atomic E-state index is 11.4. The number of carbonyl (C=O) groups is 2. The van der Waals surface area contributed by atoms with Crippen LogP contribution in [0, 0.1) is 0 Å². The number of carbonyl (C=O) groups excluding carboxylic acids is 2. The van der Waals surface area contributed by atoms with E-state index in [2.05, 4.69) is 10.1 Å². The van der Waals surface area contributed by atoms with E-state index >= 15 is 0 Å². The van der Waals surface area contributed by atoms with Crippen LogP contribution in [0.2, 0.25) is 5.02 Å². The number of rotatable bonds is 2. The summed E-state index contributed by atoms with van der Waals surface area (Å²) in [4.78, 5) is 23.9. The number of nitrogens with one attached hydrogen (secondary N) is 1. The molecule has 0 aromatic heterocycles. The summed E-state index contributed by atoms with van der Waals surface area (Å²) in [5.41, 5.74) is 1.04. The quantitative estimate of drug-likeness (QED) is 0.896. The highest BCUT2D eigenvalue weighted by molar-refractivity contribution is 6.34. The minimum absolute atomic E-state index is 0.345. The highest BCUT2D eigenvalue weighted by atomic mass is 35.5. The third-order valence-electron chi connectivity index (χ3n) is 2.43. The van der Waals surface area contributed by atoms with Gasteiger partial charge in [0, 0.05) is 5.69 Å². The first-order valence-electron chi connectivity index (χ1n) is 5.20. The second-order valence-corrected chi connectivity index (χ2v) is 3.96. The van der Waals surface area contributed by atoms with Crippen LogP contribution in [-0.2, 0) is 9.47 Å². The molecule has 0 atom stereocenters. The number of amides is 2. The van der Waals surface area contributed by atoms with Gasteiger partial charge in [-0.05, 0) is 18.2 Å². The van der Waals surface area contributed by atoms with Crippen molar-refractivity contribution in [3.05, 3.63) is 23.2 Å². The van der Waals surface area contributed by atoms with Gasteiger partial charge in [-0.2, -0.15) is 0 Å². The molecule has 1 aromatic rings. The fourth-order valence-electron chi connectivity index (χ4n) is 1.58. The Bertz CT molecular complexity index is 492. The Hall–Kier alpha value is -1.95. The number of ether oxygens (including phenoxy) is 2. The number of benzene rings is 1. The van der Waals surface area contributed by atoms with Crippen molar-refractivity contribution in [2.75, 3.05) is 30.5 Å². The molecule has 0 saturated carbocycles. The molecule has 1 aliphatic heterocycles. The number of halogens is 1. The highest BCUT2D eigenvalue weighted by Crippen LogP contribution is 2.30. The molecule has 7 heteroatoms. The van der Waals surface area contributed by atoms with Gasteiger partial charge in [-0.15, -0.1) is 0 Å². The van der Waals surface area contributed by atoms with Crippen LogP contribution in [0.1, 0.15) is 0 Å². The zero-order chi connectivity index (χ0) is 13.1. The monoisotopic (exact) mass is 270 g/mol. The van der Waals surface area contributed by atoms with Gasteiger partial charge in [0.15, 0.2) is 0 Å². The average Bonchev–Trinajstić information content (AvgIpc) is 2.75. The van der Waals surface area contributed by atoms with Crippen molar-refractivity contribution in [2.24, 2.45) is 0 Å². The number of anilines is 2. The van der Waals surface area contributed by atoms with Gasteiger partial charge in [0.2, 0.25) is 0 Å². The van der Waals surface area contributed by atoms with E-state index in [1.807, 2.05) is 0 Å². The van der Waals surface area contributed by atoms with E-state index in [-0.39, 0.29) is 0 Å². The van der Waals surface area contributed by atoms with Gasteiger partial charge in [0.05, 0.1) is 24.4 Å². The number of hydrogen-bond donors (Lipinski definition) is 1. The first kappa shape index (κ1) is 12.5. The summed E-state index contributed by atoms with van der Waals surface area (Å²) in [5, 5.41) is 2.83. The first-order valence-corrected chi connectivity index (χ1v) is 5.58. The van der Waals surface area contributed by atoms with E-state index in [0.717, 1.165) is 0 Å². The van der Waals surface area contributed by atoms with Gasteiger partial charge in [0.1, 0.15) is 6.61 Å². The molecular weight excluding hydrogens is 260 g/mol. The molecule has 2 rings (SSSR count). The Kier molecular flexibility index (Phi) is 3.57. The molecule has 0 unspecified atom stereocenters. The summed E-state index contributed by atoms with van der Waals surface area (Å²) >= 11 is 6.06. The third-order valence-corrected chi connectivity index (χ3v) is 2.73. The van der Waals surface area contributed by atoms with Crippen molar-refractivity contribution in [1.82, 2.24) is 0 Å². The largest absolute Gasteiger partial charge is 0.453 e. The van der Waals surface area contributed by atoms with E-state index < -0.39 is 12.2 Å². The first-order chi connectivity index (χ1) is 8.61. The SMILES string of the molecule is COC(=O)Nc1ccc(N2CCOC2=O)c(Cl)c1. The Morgan fingerprint density at radius 3 is 2.89 bits per heavy atom. The fraction of sp³-hybridized carbons (Fsp3) is 0.273. The second kappa shape index (κ2) is 5.14. The molecule has 1 aliphatic rings. The van der Waals surface area contributed by atoms with Crippen LogP contribution in [0.3, 0.4) is 0 Å². The minimum atomic E-state index is -0.584. The molecular formula is C11H11ClN2O4. The summed E-state index contributed by atoms with van der Waals surface area (Å²) < 4.78 is 9.29. The van der Waals surface area contributed by atoms with Crippen LogP contribution < -0.4 is 10.2 Å². The number of methoxy groups -OCH3 is 1. The average molecular weight is 271 g/mol. The molecule has 2 amide bonds. The minimum Gasteiger partial charge on any atom is -0.453 e. The highest BCUT2D eigenvalue weighted by Gasteiger charge is 2.25. The maximum Gasteiger partial charge on any atom is 0.414 e. The van der Waals surface area contributed by atoms with E-state index in [4.69, 9.17) is 16.3 Å². The van der Waals surface area contributed by atoms with Gasteiger partial charge in [-0.25, -0.2) is 9.59 Å². The molecule has 1 fully saturated rings. The molecule has 1 aromatic carbocycles. The van der Waals surface area contributed by atoms with Crippen LogP contribution in [-0.4, -0.2) is 32.4 Å².